The van der Waals surface area contributed by atoms with Gasteiger partial charge in [0.25, 0.3) is 5.91 Å². The molecule has 0 saturated heterocycles. The number of ether oxygens (including phenoxy) is 1. The van der Waals surface area contributed by atoms with E-state index in [0.29, 0.717) is 24.4 Å². The zero-order valence-electron chi connectivity index (χ0n) is 16.1. The van der Waals surface area contributed by atoms with Gasteiger partial charge in [0.1, 0.15) is 12.3 Å². The van der Waals surface area contributed by atoms with Crippen LogP contribution in [0.5, 0.6) is 5.75 Å². The van der Waals surface area contributed by atoms with Crippen LogP contribution in [0.25, 0.3) is 0 Å². The molecule has 5 nitrogen and oxygen atoms in total. The summed E-state index contributed by atoms with van der Waals surface area (Å²) in [7, 11) is 0. The van der Waals surface area contributed by atoms with Crippen molar-refractivity contribution in [1.29, 1.82) is 0 Å². The quantitative estimate of drug-likeness (QED) is 0.854. The van der Waals surface area contributed by atoms with Crippen LogP contribution >= 0.6 is 0 Å². The van der Waals surface area contributed by atoms with Gasteiger partial charge in [0, 0.05) is 6.54 Å². The molecule has 0 saturated carbocycles. The summed E-state index contributed by atoms with van der Waals surface area (Å²) in [4.78, 5) is 26.7. The number of fused-ring (bicyclic) bond motifs is 1. The Labute approximate surface area is 160 Å². The largest absolute Gasteiger partial charge is 0.478 e. The van der Waals surface area contributed by atoms with Crippen LogP contribution < -0.4 is 15.0 Å². The Kier molecular flexibility index (Phi) is 5.79. The van der Waals surface area contributed by atoms with Crippen molar-refractivity contribution in [2.45, 2.75) is 39.7 Å². The van der Waals surface area contributed by atoms with E-state index >= 15 is 0 Å². The van der Waals surface area contributed by atoms with Gasteiger partial charge in [0.15, 0.2) is 6.10 Å². The lowest BCUT2D eigenvalue weighted by molar-refractivity contribution is -0.129. The van der Waals surface area contributed by atoms with E-state index in [1.54, 1.807) is 4.90 Å². The maximum atomic E-state index is 12.7. The minimum atomic E-state index is -0.541. The predicted octanol–water partition coefficient (Wildman–Crippen LogP) is 3.17. The minimum Gasteiger partial charge on any atom is -0.478 e. The smallest absolute Gasteiger partial charge is 0.268 e. The Balaban J connectivity index is 1.64. The number of nitrogens with one attached hydrogen (secondary N) is 1. The van der Waals surface area contributed by atoms with Gasteiger partial charge in [-0.1, -0.05) is 42.8 Å². The minimum absolute atomic E-state index is 0.00302. The van der Waals surface area contributed by atoms with E-state index in [2.05, 4.69) is 29.6 Å². The lowest BCUT2D eigenvalue weighted by Gasteiger charge is -2.33. The third-order valence-electron chi connectivity index (χ3n) is 4.74. The van der Waals surface area contributed by atoms with Crippen LogP contribution in [-0.4, -0.2) is 31.0 Å². The number of carbonyl (C=O) groups is 2. The molecule has 1 atom stereocenters. The number of hydrogen-bond donors (Lipinski definition) is 1. The van der Waals surface area contributed by atoms with E-state index < -0.39 is 6.10 Å². The van der Waals surface area contributed by atoms with Crippen LogP contribution in [-0.2, 0) is 16.0 Å². The fourth-order valence-electron chi connectivity index (χ4n) is 3.16. The highest BCUT2D eigenvalue weighted by molar-refractivity contribution is 6.03. The van der Waals surface area contributed by atoms with Crippen molar-refractivity contribution in [3.05, 3.63) is 59.2 Å². The van der Waals surface area contributed by atoms with Crippen molar-refractivity contribution in [2.75, 3.05) is 18.0 Å². The number of hydrogen-bond acceptors (Lipinski definition) is 3. The Morgan fingerprint density at radius 1 is 1.11 bits per heavy atom. The molecule has 1 heterocycles. The summed E-state index contributed by atoms with van der Waals surface area (Å²) in [5.41, 5.74) is 4.08. The summed E-state index contributed by atoms with van der Waals surface area (Å²) in [6, 6.07) is 14.0. The van der Waals surface area contributed by atoms with Crippen LogP contribution in [0.1, 0.15) is 30.0 Å². The van der Waals surface area contributed by atoms with Gasteiger partial charge in [-0.25, -0.2) is 0 Å². The maximum absolute atomic E-state index is 12.7. The SMILES string of the molecule is CCC1Oc2ccc(C)cc2N(CC(=O)NCCc2ccc(C)cc2)C1=O. The number of rotatable bonds is 6. The van der Waals surface area contributed by atoms with Gasteiger partial charge >= 0.3 is 0 Å². The topological polar surface area (TPSA) is 58.6 Å². The van der Waals surface area contributed by atoms with Crippen LogP contribution in [0.15, 0.2) is 42.5 Å². The number of benzene rings is 2. The van der Waals surface area contributed by atoms with E-state index in [1.165, 1.54) is 11.1 Å². The second-order valence-corrected chi connectivity index (χ2v) is 7.00. The average molecular weight is 366 g/mol. The first-order valence-corrected chi connectivity index (χ1v) is 9.39. The van der Waals surface area contributed by atoms with Gasteiger partial charge in [0.2, 0.25) is 5.91 Å². The molecule has 0 radical (unpaired) electrons. The third-order valence-corrected chi connectivity index (χ3v) is 4.74. The first kappa shape index (κ1) is 19.0. The Morgan fingerprint density at radius 2 is 1.81 bits per heavy atom. The van der Waals surface area contributed by atoms with Gasteiger partial charge in [-0.05, 0) is 49.9 Å². The van der Waals surface area contributed by atoms with E-state index in [1.807, 2.05) is 39.0 Å². The Bertz CT molecular complexity index is 830. The molecule has 3 rings (SSSR count). The first-order valence-electron chi connectivity index (χ1n) is 9.39. The second-order valence-electron chi connectivity index (χ2n) is 7.00. The molecule has 0 fully saturated rings. The van der Waals surface area contributed by atoms with Gasteiger partial charge in [-0.2, -0.15) is 0 Å². The van der Waals surface area contributed by atoms with Crippen LogP contribution in [0.3, 0.4) is 0 Å². The highest BCUT2D eigenvalue weighted by atomic mass is 16.5. The lowest BCUT2D eigenvalue weighted by Crippen LogP contribution is -2.49. The highest BCUT2D eigenvalue weighted by Crippen LogP contribution is 2.35. The van der Waals surface area contributed by atoms with E-state index in [9.17, 15) is 9.59 Å². The van der Waals surface area contributed by atoms with Gasteiger partial charge in [-0.3, -0.25) is 14.5 Å². The van der Waals surface area contributed by atoms with Crippen LogP contribution in [0, 0.1) is 13.8 Å². The molecule has 0 aliphatic carbocycles. The summed E-state index contributed by atoms with van der Waals surface area (Å²) in [5.74, 6) is 0.323. The van der Waals surface area contributed by atoms with E-state index in [0.717, 1.165) is 12.0 Å². The van der Waals surface area contributed by atoms with E-state index in [4.69, 9.17) is 4.74 Å². The first-order chi connectivity index (χ1) is 13.0. The number of carbonyl (C=O) groups excluding carboxylic acids is 2. The van der Waals surface area contributed by atoms with Crippen molar-refractivity contribution in [1.82, 2.24) is 5.32 Å². The number of anilines is 1. The standard InChI is InChI=1S/C22H26N2O3/c1-4-19-22(26)24(18-13-16(3)7-10-20(18)27-19)14-21(25)23-12-11-17-8-5-15(2)6-9-17/h5-10,13,19H,4,11-12,14H2,1-3H3,(H,23,25). The molecule has 142 valence electrons. The third kappa shape index (κ3) is 4.48. The molecule has 0 aromatic heterocycles. The summed E-state index contributed by atoms with van der Waals surface area (Å²) in [6.45, 7) is 6.45. The molecule has 0 spiro atoms. The summed E-state index contributed by atoms with van der Waals surface area (Å²) < 4.78 is 5.79. The molecule has 2 aromatic rings. The monoisotopic (exact) mass is 366 g/mol. The summed E-state index contributed by atoms with van der Waals surface area (Å²) in [5, 5.41) is 2.92. The van der Waals surface area contributed by atoms with Crippen LogP contribution in [0.2, 0.25) is 0 Å². The summed E-state index contributed by atoms with van der Waals surface area (Å²) >= 11 is 0. The number of aryl methyl sites for hydroxylation is 2. The molecule has 2 amide bonds. The Morgan fingerprint density at radius 3 is 2.52 bits per heavy atom. The van der Waals surface area contributed by atoms with Crippen molar-refractivity contribution in [3.63, 3.8) is 0 Å². The summed E-state index contributed by atoms with van der Waals surface area (Å²) in [6.07, 6.45) is 0.786. The molecule has 27 heavy (non-hydrogen) atoms. The number of nitrogens with zero attached hydrogens (tertiary/aromatic N) is 1. The zero-order chi connectivity index (χ0) is 19.4. The molecule has 2 aromatic carbocycles. The molecule has 1 unspecified atom stereocenters. The zero-order valence-corrected chi connectivity index (χ0v) is 16.1. The van der Waals surface area contributed by atoms with Crippen molar-refractivity contribution < 1.29 is 14.3 Å². The van der Waals surface area contributed by atoms with E-state index in [-0.39, 0.29) is 18.4 Å². The fourth-order valence-corrected chi connectivity index (χ4v) is 3.16. The Hall–Kier alpha value is -2.82. The molecular weight excluding hydrogens is 340 g/mol. The lowest BCUT2D eigenvalue weighted by atomic mass is 10.1. The van der Waals surface area contributed by atoms with Gasteiger partial charge in [-0.15, -0.1) is 0 Å². The van der Waals surface area contributed by atoms with Gasteiger partial charge in [0.05, 0.1) is 5.69 Å². The number of amides is 2. The highest BCUT2D eigenvalue weighted by Gasteiger charge is 2.34. The van der Waals surface area contributed by atoms with Crippen molar-refractivity contribution >= 4 is 17.5 Å². The normalized spacial score (nSPS) is 15.9. The van der Waals surface area contributed by atoms with Crippen molar-refractivity contribution in [2.24, 2.45) is 0 Å². The maximum Gasteiger partial charge on any atom is 0.268 e. The second kappa shape index (κ2) is 8.25. The molecule has 1 aliphatic heterocycles. The fraction of sp³-hybridized carbons (Fsp3) is 0.364. The van der Waals surface area contributed by atoms with Crippen molar-refractivity contribution in [3.8, 4) is 5.75 Å². The van der Waals surface area contributed by atoms with Gasteiger partial charge < -0.3 is 10.1 Å². The van der Waals surface area contributed by atoms with Crippen LogP contribution in [0.4, 0.5) is 5.69 Å². The molecule has 1 aliphatic rings. The molecular formula is C22H26N2O3. The molecule has 0 bridgehead atoms. The average Bonchev–Trinajstić information content (AvgIpc) is 2.65. The molecule has 1 N–H and O–H groups in total. The predicted molar refractivity (Wildman–Crippen MR) is 106 cm³/mol. The molecule has 5 heteroatoms.